The summed E-state index contributed by atoms with van der Waals surface area (Å²) in [6, 6.07) is 7.43. The molecule has 3 aromatic rings. The van der Waals surface area contributed by atoms with Gasteiger partial charge in [0.2, 0.25) is 0 Å². The summed E-state index contributed by atoms with van der Waals surface area (Å²) in [4.78, 5) is 19.2. The van der Waals surface area contributed by atoms with Crippen molar-refractivity contribution in [2.75, 3.05) is 32.5 Å². The fourth-order valence-corrected chi connectivity index (χ4v) is 6.06. The monoisotopic (exact) mass is 548 g/mol. The van der Waals surface area contributed by atoms with Gasteiger partial charge in [-0.2, -0.15) is 0 Å². The third-order valence-electron chi connectivity index (χ3n) is 7.45. The summed E-state index contributed by atoms with van der Waals surface area (Å²) in [5.41, 5.74) is 1.35. The highest BCUT2D eigenvalue weighted by Gasteiger charge is 2.41. The Kier molecular flexibility index (Phi) is 8.85. The molecule has 1 aliphatic heterocycles. The second kappa shape index (κ2) is 11.9. The van der Waals surface area contributed by atoms with Crippen LogP contribution in [0.5, 0.6) is 5.75 Å². The SMILES string of the molecule is COc1ccc2ncc(C)c([C@H](O)CCC3(C(=O)O)CCN(CCSc4cc(F)c(F)c(F)c4)CC3)c2c1. The molecule has 1 saturated heterocycles. The zero-order valence-corrected chi connectivity index (χ0v) is 22.2. The first-order valence-corrected chi connectivity index (χ1v) is 13.5. The molecule has 1 aromatic heterocycles. The molecule has 0 bridgehead atoms. The molecule has 1 aliphatic rings. The highest BCUT2D eigenvalue weighted by atomic mass is 32.2. The normalized spacial score (nSPS) is 16.5. The summed E-state index contributed by atoms with van der Waals surface area (Å²) in [6.45, 7) is 3.60. The molecule has 38 heavy (non-hydrogen) atoms. The average molecular weight is 549 g/mol. The second-order valence-electron chi connectivity index (χ2n) is 9.77. The lowest BCUT2D eigenvalue weighted by atomic mass is 9.74. The van der Waals surface area contributed by atoms with E-state index >= 15 is 0 Å². The van der Waals surface area contributed by atoms with Crippen LogP contribution in [0.25, 0.3) is 10.9 Å². The zero-order chi connectivity index (χ0) is 27.4. The van der Waals surface area contributed by atoms with Gasteiger partial charge in [0.15, 0.2) is 17.5 Å². The fraction of sp³-hybridized carbons (Fsp3) is 0.429. The number of aliphatic carboxylic acids is 1. The summed E-state index contributed by atoms with van der Waals surface area (Å²) in [5.74, 6) is -3.59. The maximum atomic E-state index is 13.4. The molecule has 1 atom stereocenters. The van der Waals surface area contributed by atoms with Crippen LogP contribution in [0, 0.1) is 29.8 Å². The van der Waals surface area contributed by atoms with Gasteiger partial charge < -0.3 is 19.8 Å². The number of aliphatic hydroxyl groups excluding tert-OH is 1. The number of hydrogen-bond acceptors (Lipinski definition) is 6. The molecular formula is C28H31F3N2O4S. The standard InChI is InChI=1S/C28H31F3N2O4S/c1-17-16-32-23-4-3-18(37-2)13-20(23)25(17)24(34)5-6-28(27(35)36)7-9-33(10-8-28)11-12-38-19-14-21(29)26(31)22(30)15-19/h3-4,13-16,24,34H,5-12H2,1-2H3,(H,35,36)/t24-/m1/s1. The molecule has 0 unspecified atom stereocenters. The first-order valence-electron chi connectivity index (χ1n) is 12.5. The maximum absolute atomic E-state index is 13.4. The van der Waals surface area contributed by atoms with E-state index in [1.165, 1.54) is 11.8 Å². The van der Waals surface area contributed by atoms with Crippen molar-refractivity contribution in [3.8, 4) is 5.75 Å². The average Bonchev–Trinajstić information content (AvgIpc) is 2.90. The summed E-state index contributed by atoms with van der Waals surface area (Å²) < 4.78 is 45.4. The van der Waals surface area contributed by atoms with Crippen LogP contribution in [0.15, 0.2) is 41.4 Å². The molecule has 0 spiro atoms. The van der Waals surface area contributed by atoms with E-state index in [1.807, 2.05) is 25.1 Å². The number of aliphatic hydroxyl groups is 1. The number of piperidine rings is 1. The topological polar surface area (TPSA) is 82.9 Å². The number of fused-ring (bicyclic) bond motifs is 1. The number of halogens is 3. The molecular weight excluding hydrogens is 517 g/mol. The Balaban J connectivity index is 1.36. The number of hydrogen-bond donors (Lipinski definition) is 2. The lowest BCUT2D eigenvalue weighted by Gasteiger charge is -2.39. The van der Waals surface area contributed by atoms with Crippen molar-refractivity contribution < 1.29 is 32.9 Å². The summed E-state index contributed by atoms with van der Waals surface area (Å²) >= 11 is 1.22. The Morgan fingerprint density at radius 2 is 1.87 bits per heavy atom. The number of benzene rings is 2. The van der Waals surface area contributed by atoms with Gasteiger partial charge in [-0.15, -0.1) is 11.8 Å². The zero-order valence-electron chi connectivity index (χ0n) is 21.3. The van der Waals surface area contributed by atoms with E-state index in [9.17, 15) is 28.2 Å². The highest BCUT2D eigenvalue weighted by Crippen LogP contribution is 2.40. The Bertz CT molecular complexity index is 1290. The van der Waals surface area contributed by atoms with Gasteiger partial charge in [-0.05, 0) is 87.2 Å². The molecule has 0 radical (unpaired) electrons. The number of nitrogens with zero attached hydrogens (tertiary/aromatic N) is 2. The number of carboxylic acid groups (broad SMARTS) is 1. The van der Waals surface area contributed by atoms with Crippen molar-refractivity contribution in [3.63, 3.8) is 0 Å². The smallest absolute Gasteiger partial charge is 0.309 e. The Morgan fingerprint density at radius 1 is 1.18 bits per heavy atom. The van der Waals surface area contributed by atoms with Crippen LogP contribution in [0.3, 0.4) is 0 Å². The third-order valence-corrected chi connectivity index (χ3v) is 8.40. The van der Waals surface area contributed by atoms with Gasteiger partial charge in [0.1, 0.15) is 5.75 Å². The number of thioether (sulfide) groups is 1. The molecule has 1 fully saturated rings. The van der Waals surface area contributed by atoms with Crippen molar-refractivity contribution >= 4 is 28.6 Å². The van der Waals surface area contributed by atoms with E-state index in [4.69, 9.17) is 4.74 Å². The summed E-state index contributed by atoms with van der Waals surface area (Å²) in [5, 5.41) is 22.1. The van der Waals surface area contributed by atoms with Crippen LogP contribution >= 0.6 is 11.8 Å². The number of carbonyl (C=O) groups is 1. The molecule has 0 saturated carbocycles. The highest BCUT2D eigenvalue weighted by molar-refractivity contribution is 7.99. The van der Waals surface area contributed by atoms with E-state index in [-0.39, 0.29) is 0 Å². The molecule has 2 aromatic carbocycles. The number of carboxylic acids is 1. The van der Waals surface area contributed by atoms with Gasteiger partial charge in [-0.1, -0.05) is 0 Å². The predicted octanol–water partition coefficient (Wildman–Crippen LogP) is 5.74. The molecule has 2 N–H and O–H groups in total. The van der Waals surface area contributed by atoms with Gasteiger partial charge >= 0.3 is 5.97 Å². The van der Waals surface area contributed by atoms with Gasteiger partial charge in [0.05, 0.1) is 24.1 Å². The summed E-state index contributed by atoms with van der Waals surface area (Å²) in [7, 11) is 1.57. The van der Waals surface area contributed by atoms with Crippen LogP contribution in [-0.2, 0) is 4.79 Å². The van der Waals surface area contributed by atoms with E-state index in [0.29, 0.717) is 61.7 Å². The maximum Gasteiger partial charge on any atom is 0.309 e. The van der Waals surface area contributed by atoms with E-state index in [1.54, 1.807) is 13.3 Å². The Labute approximate surface area is 223 Å². The van der Waals surface area contributed by atoms with Gasteiger partial charge in [0.25, 0.3) is 0 Å². The Morgan fingerprint density at radius 3 is 2.50 bits per heavy atom. The lowest BCUT2D eigenvalue weighted by Crippen LogP contribution is -2.45. The molecule has 204 valence electrons. The Hall–Kier alpha value is -2.82. The number of ether oxygens (including phenoxy) is 1. The van der Waals surface area contributed by atoms with Crippen LogP contribution in [-0.4, -0.2) is 58.6 Å². The van der Waals surface area contributed by atoms with Crippen molar-refractivity contribution in [2.24, 2.45) is 5.41 Å². The van der Waals surface area contributed by atoms with Crippen molar-refractivity contribution in [3.05, 3.63) is 65.1 Å². The largest absolute Gasteiger partial charge is 0.497 e. The molecule has 0 aliphatic carbocycles. The first kappa shape index (κ1) is 28.2. The minimum absolute atomic E-state index is 0.293. The number of rotatable bonds is 10. The van der Waals surface area contributed by atoms with Crippen molar-refractivity contribution in [1.82, 2.24) is 9.88 Å². The van der Waals surface area contributed by atoms with Gasteiger partial charge in [-0.25, -0.2) is 13.2 Å². The van der Waals surface area contributed by atoms with Crippen LogP contribution in [0.1, 0.15) is 42.9 Å². The minimum atomic E-state index is -1.48. The number of methoxy groups -OCH3 is 1. The van der Waals surface area contributed by atoms with E-state index in [2.05, 4.69) is 9.88 Å². The van der Waals surface area contributed by atoms with Crippen LogP contribution in [0.4, 0.5) is 13.2 Å². The number of aromatic nitrogens is 1. The molecule has 10 heteroatoms. The summed E-state index contributed by atoms with van der Waals surface area (Å²) in [6.07, 6.45) is 2.35. The van der Waals surface area contributed by atoms with E-state index in [0.717, 1.165) is 34.2 Å². The van der Waals surface area contributed by atoms with Crippen LogP contribution < -0.4 is 4.74 Å². The third kappa shape index (κ3) is 6.08. The van der Waals surface area contributed by atoms with Gasteiger partial charge in [0, 0.05) is 28.8 Å². The number of likely N-dealkylation sites (tertiary alicyclic amines) is 1. The predicted molar refractivity (Wildman–Crippen MR) is 140 cm³/mol. The number of pyridine rings is 1. The van der Waals surface area contributed by atoms with Crippen molar-refractivity contribution in [1.29, 1.82) is 0 Å². The fourth-order valence-electron chi connectivity index (χ4n) is 5.10. The van der Waals surface area contributed by atoms with E-state index < -0.39 is 34.9 Å². The molecule has 2 heterocycles. The molecule has 6 nitrogen and oxygen atoms in total. The molecule has 0 amide bonds. The van der Waals surface area contributed by atoms with Crippen molar-refractivity contribution in [2.45, 2.75) is 43.6 Å². The first-order chi connectivity index (χ1) is 18.1. The second-order valence-corrected chi connectivity index (χ2v) is 10.9. The van der Waals surface area contributed by atoms with Crippen LogP contribution in [0.2, 0.25) is 0 Å². The van der Waals surface area contributed by atoms with Gasteiger partial charge in [-0.3, -0.25) is 9.78 Å². The molecule has 4 rings (SSSR count). The minimum Gasteiger partial charge on any atom is -0.497 e. The number of aryl methyl sites for hydroxylation is 1. The quantitative estimate of drug-likeness (QED) is 0.247. The lowest BCUT2D eigenvalue weighted by molar-refractivity contribution is -0.153.